The van der Waals surface area contributed by atoms with Crippen LogP contribution in [0.4, 0.5) is 0 Å². The predicted octanol–water partition coefficient (Wildman–Crippen LogP) is 2.84. The highest BCUT2D eigenvalue weighted by atomic mass is 127. The van der Waals surface area contributed by atoms with E-state index in [1.165, 1.54) is 12.0 Å². The number of aliphatic imine (C=N–C) groups is 1. The molecule has 0 unspecified atom stereocenters. The van der Waals surface area contributed by atoms with Crippen LogP contribution < -0.4 is 10.1 Å². The number of halogens is 1. The average Bonchev–Trinajstić information content (AvgIpc) is 2.82. The maximum atomic E-state index is 12.5. The molecule has 180 valence electrons. The number of amides is 1. The Hall–Kier alpha value is -1.55. The van der Waals surface area contributed by atoms with Crippen LogP contribution in [0.2, 0.25) is 0 Å². The first-order valence-electron chi connectivity index (χ1n) is 11.9. The van der Waals surface area contributed by atoms with Crippen molar-refractivity contribution >= 4 is 35.8 Å². The molecule has 0 bridgehead atoms. The van der Waals surface area contributed by atoms with Crippen molar-refractivity contribution in [3.63, 3.8) is 0 Å². The quantitative estimate of drug-likeness (QED) is 0.303. The summed E-state index contributed by atoms with van der Waals surface area (Å²) in [4.78, 5) is 23.6. The molecule has 1 aromatic carbocycles. The molecule has 8 heteroatoms. The zero-order valence-corrected chi connectivity index (χ0v) is 22.1. The van der Waals surface area contributed by atoms with Gasteiger partial charge in [0, 0.05) is 52.9 Å². The van der Waals surface area contributed by atoms with Crippen LogP contribution in [0.1, 0.15) is 38.2 Å². The third-order valence-electron chi connectivity index (χ3n) is 6.02. The lowest BCUT2D eigenvalue weighted by Crippen LogP contribution is -2.54. The fourth-order valence-corrected chi connectivity index (χ4v) is 4.21. The molecule has 1 amide bonds. The fourth-order valence-electron chi connectivity index (χ4n) is 4.21. The van der Waals surface area contributed by atoms with Crippen molar-refractivity contribution in [3.05, 3.63) is 29.8 Å². The number of benzene rings is 1. The lowest BCUT2D eigenvalue weighted by molar-refractivity contribution is -0.133. The highest BCUT2D eigenvalue weighted by Crippen LogP contribution is 2.14. The van der Waals surface area contributed by atoms with Crippen LogP contribution in [0, 0.1) is 0 Å². The van der Waals surface area contributed by atoms with E-state index in [1.54, 1.807) is 0 Å². The Morgan fingerprint density at radius 3 is 2.50 bits per heavy atom. The smallest absolute Gasteiger partial charge is 0.236 e. The van der Waals surface area contributed by atoms with Crippen LogP contribution in [-0.4, -0.2) is 92.6 Å². The molecule has 2 heterocycles. The maximum Gasteiger partial charge on any atom is 0.236 e. The number of guanidine groups is 1. The zero-order valence-electron chi connectivity index (χ0n) is 19.7. The van der Waals surface area contributed by atoms with Gasteiger partial charge in [0.25, 0.3) is 0 Å². The van der Waals surface area contributed by atoms with E-state index in [2.05, 4.69) is 45.2 Å². The Balaban J connectivity index is 0.00000363. The standard InChI is InChI=1S/C24H39N5O2.HI/c1-3-18-31-22-9-7-8-21(19-22)10-11-26-24(25-2)29-16-14-27(15-17-29)20-23(30)28-12-5-4-6-13-28;/h7-9,19H,3-6,10-18,20H2,1-2H3,(H,25,26);1H. The summed E-state index contributed by atoms with van der Waals surface area (Å²) in [5.41, 5.74) is 1.26. The molecule has 0 aromatic heterocycles. The number of nitrogens with zero attached hydrogens (tertiary/aromatic N) is 4. The second kappa shape index (κ2) is 14.6. The third-order valence-corrected chi connectivity index (χ3v) is 6.02. The van der Waals surface area contributed by atoms with Crippen molar-refractivity contribution in [3.8, 4) is 5.75 Å². The van der Waals surface area contributed by atoms with E-state index in [4.69, 9.17) is 4.74 Å². The van der Waals surface area contributed by atoms with Gasteiger partial charge in [-0.05, 0) is 49.8 Å². The van der Waals surface area contributed by atoms with Gasteiger partial charge < -0.3 is 19.9 Å². The van der Waals surface area contributed by atoms with Gasteiger partial charge in [0.2, 0.25) is 5.91 Å². The summed E-state index contributed by atoms with van der Waals surface area (Å²) in [6.07, 6.45) is 5.50. The minimum atomic E-state index is 0. The summed E-state index contributed by atoms with van der Waals surface area (Å²) in [5.74, 6) is 2.18. The Morgan fingerprint density at radius 1 is 1.06 bits per heavy atom. The normalized spacial score (nSPS) is 17.6. The number of likely N-dealkylation sites (tertiary alicyclic amines) is 1. The number of hydrogen-bond donors (Lipinski definition) is 1. The molecule has 0 radical (unpaired) electrons. The molecule has 0 atom stereocenters. The van der Waals surface area contributed by atoms with Crippen LogP contribution in [0.3, 0.4) is 0 Å². The van der Waals surface area contributed by atoms with E-state index in [0.717, 1.165) is 89.8 Å². The van der Waals surface area contributed by atoms with Gasteiger partial charge in [0.05, 0.1) is 13.2 Å². The predicted molar refractivity (Wildman–Crippen MR) is 141 cm³/mol. The minimum absolute atomic E-state index is 0. The average molecular weight is 558 g/mol. The van der Waals surface area contributed by atoms with Gasteiger partial charge in [-0.2, -0.15) is 0 Å². The Labute approximate surface area is 210 Å². The Morgan fingerprint density at radius 2 is 1.81 bits per heavy atom. The molecule has 2 saturated heterocycles. The van der Waals surface area contributed by atoms with Crippen LogP contribution in [0.25, 0.3) is 0 Å². The zero-order chi connectivity index (χ0) is 21.9. The summed E-state index contributed by atoms with van der Waals surface area (Å²) in [6.45, 7) is 9.71. The SMILES string of the molecule is CCCOc1cccc(CCNC(=NC)N2CCN(CC(=O)N3CCCCC3)CC2)c1.I. The summed E-state index contributed by atoms with van der Waals surface area (Å²) >= 11 is 0. The maximum absolute atomic E-state index is 12.5. The van der Waals surface area contributed by atoms with Crippen molar-refractivity contribution in [1.29, 1.82) is 0 Å². The molecular weight excluding hydrogens is 517 g/mol. The second-order valence-electron chi connectivity index (χ2n) is 8.42. The summed E-state index contributed by atoms with van der Waals surface area (Å²) in [6, 6.07) is 8.33. The summed E-state index contributed by atoms with van der Waals surface area (Å²) < 4.78 is 5.73. The lowest BCUT2D eigenvalue weighted by atomic mass is 10.1. The molecule has 0 saturated carbocycles. The van der Waals surface area contributed by atoms with Crippen molar-refractivity contribution in [2.45, 2.75) is 39.0 Å². The monoisotopic (exact) mass is 557 g/mol. The fraction of sp³-hybridized carbons (Fsp3) is 0.667. The van der Waals surface area contributed by atoms with Gasteiger partial charge in [-0.15, -0.1) is 24.0 Å². The molecule has 32 heavy (non-hydrogen) atoms. The lowest BCUT2D eigenvalue weighted by Gasteiger charge is -2.37. The molecule has 2 aliphatic rings. The number of hydrogen-bond acceptors (Lipinski definition) is 4. The molecule has 2 fully saturated rings. The number of nitrogens with one attached hydrogen (secondary N) is 1. The summed E-state index contributed by atoms with van der Waals surface area (Å²) in [7, 11) is 1.84. The molecule has 7 nitrogen and oxygen atoms in total. The van der Waals surface area contributed by atoms with E-state index in [0.29, 0.717) is 12.5 Å². The van der Waals surface area contributed by atoms with E-state index in [1.807, 2.05) is 18.0 Å². The number of ether oxygens (including phenoxy) is 1. The molecule has 0 spiro atoms. The van der Waals surface area contributed by atoms with Crippen molar-refractivity contribution in [2.24, 2.45) is 4.99 Å². The highest BCUT2D eigenvalue weighted by Gasteiger charge is 2.23. The Kier molecular flexibility index (Phi) is 12.2. The van der Waals surface area contributed by atoms with Gasteiger partial charge >= 0.3 is 0 Å². The number of piperazine rings is 1. The Bertz CT molecular complexity index is 716. The van der Waals surface area contributed by atoms with Crippen molar-refractivity contribution < 1.29 is 9.53 Å². The topological polar surface area (TPSA) is 60.4 Å². The van der Waals surface area contributed by atoms with Crippen LogP contribution in [-0.2, 0) is 11.2 Å². The molecule has 2 aliphatic heterocycles. The van der Waals surface area contributed by atoms with E-state index in [-0.39, 0.29) is 24.0 Å². The van der Waals surface area contributed by atoms with Crippen LogP contribution in [0.15, 0.2) is 29.3 Å². The largest absolute Gasteiger partial charge is 0.494 e. The molecule has 1 aromatic rings. The van der Waals surface area contributed by atoms with Crippen LogP contribution >= 0.6 is 24.0 Å². The first-order chi connectivity index (χ1) is 15.2. The van der Waals surface area contributed by atoms with Crippen molar-refractivity contribution in [2.75, 3.05) is 66.0 Å². The van der Waals surface area contributed by atoms with Gasteiger partial charge in [-0.3, -0.25) is 14.7 Å². The molecule has 0 aliphatic carbocycles. The minimum Gasteiger partial charge on any atom is -0.494 e. The summed E-state index contributed by atoms with van der Waals surface area (Å²) in [5, 5.41) is 3.50. The van der Waals surface area contributed by atoms with Gasteiger partial charge in [0.15, 0.2) is 5.96 Å². The number of carbonyl (C=O) groups excluding carboxylic acids is 1. The second-order valence-corrected chi connectivity index (χ2v) is 8.42. The van der Waals surface area contributed by atoms with Gasteiger partial charge in [-0.25, -0.2) is 0 Å². The van der Waals surface area contributed by atoms with Crippen molar-refractivity contribution in [1.82, 2.24) is 20.0 Å². The van der Waals surface area contributed by atoms with E-state index < -0.39 is 0 Å². The first-order valence-corrected chi connectivity index (χ1v) is 11.9. The number of rotatable bonds is 8. The highest BCUT2D eigenvalue weighted by molar-refractivity contribution is 14.0. The van der Waals surface area contributed by atoms with Crippen LogP contribution in [0.5, 0.6) is 5.75 Å². The number of piperidine rings is 1. The van der Waals surface area contributed by atoms with Gasteiger partial charge in [0.1, 0.15) is 5.75 Å². The molecular formula is C24H40IN5O2. The first kappa shape index (κ1) is 26.7. The van der Waals surface area contributed by atoms with E-state index in [9.17, 15) is 4.79 Å². The molecule has 1 N–H and O–H groups in total. The molecule has 3 rings (SSSR count). The van der Waals surface area contributed by atoms with Gasteiger partial charge in [-0.1, -0.05) is 19.1 Å². The third kappa shape index (κ3) is 8.42. The number of carbonyl (C=O) groups is 1. The van der Waals surface area contributed by atoms with E-state index >= 15 is 0 Å².